The minimum atomic E-state index is -4.61. The van der Waals surface area contributed by atoms with E-state index in [2.05, 4.69) is 15.2 Å². The molecule has 0 amide bonds. The largest absolute Gasteiger partial charge is 0.507 e. The number of alkyl halides is 3. The first kappa shape index (κ1) is 29.0. The van der Waals surface area contributed by atoms with Gasteiger partial charge in [0, 0.05) is 33.5 Å². The van der Waals surface area contributed by atoms with Crippen molar-refractivity contribution < 1.29 is 23.1 Å². The second kappa shape index (κ2) is 12.8. The van der Waals surface area contributed by atoms with Gasteiger partial charge in [-0.25, -0.2) is 0 Å². The zero-order valence-electron chi connectivity index (χ0n) is 20.5. The number of thioether (sulfide) groups is 1. The van der Waals surface area contributed by atoms with Crippen LogP contribution < -0.4 is 10.9 Å². The summed E-state index contributed by atoms with van der Waals surface area (Å²) in [5, 5.41) is 14.1. The summed E-state index contributed by atoms with van der Waals surface area (Å²) in [6, 6.07) is 7.11. The van der Waals surface area contributed by atoms with Crippen molar-refractivity contribution in [3.8, 4) is 16.9 Å². The number of phenols is 1. The van der Waals surface area contributed by atoms with Gasteiger partial charge in [0.15, 0.2) is 0 Å². The van der Waals surface area contributed by atoms with Gasteiger partial charge in [0.1, 0.15) is 11.5 Å². The molecule has 1 aromatic heterocycles. The molecular formula is C26H29ClF3N3O3S. The van der Waals surface area contributed by atoms with Crippen LogP contribution in [0.5, 0.6) is 5.75 Å². The number of Topliss-reactive ketones (excluding diaryl/α,β-unsaturated/α-hetero) is 1. The lowest BCUT2D eigenvalue weighted by molar-refractivity contribution is -0.137. The van der Waals surface area contributed by atoms with Gasteiger partial charge in [0.2, 0.25) is 0 Å². The van der Waals surface area contributed by atoms with E-state index in [0.717, 1.165) is 43.4 Å². The number of aromatic hydroxyl groups is 1. The van der Waals surface area contributed by atoms with E-state index < -0.39 is 17.3 Å². The number of nitrogens with one attached hydrogen (secondary N) is 2. The summed E-state index contributed by atoms with van der Waals surface area (Å²) in [5.74, 6) is -0.380. The molecule has 0 saturated heterocycles. The zero-order chi connectivity index (χ0) is 27.2. The Balaban J connectivity index is 1.86. The van der Waals surface area contributed by atoms with Crippen LogP contribution in [0, 0.1) is 0 Å². The molecule has 0 aliphatic heterocycles. The van der Waals surface area contributed by atoms with Crippen LogP contribution >= 0.6 is 23.4 Å². The lowest BCUT2D eigenvalue weighted by Gasteiger charge is -2.16. The number of carbonyl (C=O) groups excluding carboxylic acids is 1. The number of benzene rings is 2. The number of halogens is 4. The van der Waals surface area contributed by atoms with Gasteiger partial charge in [-0.15, -0.1) is 11.8 Å². The number of phenolic OH excluding ortho intramolecular Hbond substituents is 1. The maximum atomic E-state index is 13.5. The van der Waals surface area contributed by atoms with Gasteiger partial charge in [-0.3, -0.25) is 9.59 Å². The predicted molar refractivity (Wildman–Crippen MR) is 143 cm³/mol. The summed E-state index contributed by atoms with van der Waals surface area (Å²) in [4.78, 5) is 30.3. The Kier molecular flexibility index (Phi) is 10.1. The van der Waals surface area contributed by atoms with Gasteiger partial charge >= 0.3 is 6.18 Å². The third-order valence-corrected chi connectivity index (χ3v) is 7.05. The fraction of sp³-hybridized carbons (Fsp3) is 0.385. The Morgan fingerprint density at radius 2 is 1.86 bits per heavy atom. The fourth-order valence-corrected chi connectivity index (χ4v) is 5.01. The molecule has 0 unspecified atom stereocenters. The molecule has 0 atom stereocenters. The first-order valence-corrected chi connectivity index (χ1v) is 13.1. The van der Waals surface area contributed by atoms with Gasteiger partial charge in [-0.05, 0) is 83.0 Å². The van der Waals surface area contributed by atoms with E-state index in [1.807, 2.05) is 14.1 Å². The highest BCUT2D eigenvalue weighted by atomic mass is 35.5. The van der Waals surface area contributed by atoms with E-state index >= 15 is 0 Å². The summed E-state index contributed by atoms with van der Waals surface area (Å²) in [6.45, 7) is 2.50. The lowest BCUT2D eigenvalue weighted by atomic mass is 9.98. The van der Waals surface area contributed by atoms with Crippen molar-refractivity contribution in [2.24, 2.45) is 0 Å². The van der Waals surface area contributed by atoms with E-state index in [4.69, 9.17) is 11.6 Å². The van der Waals surface area contributed by atoms with Crippen LogP contribution in [0.25, 0.3) is 22.0 Å². The summed E-state index contributed by atoms with van der Waals surface area (Å²) in [7, 11) is 4.01. The summed E-state index contributed by atoms with van der Waals surface area (Å²) in [6.07, 6.45) is -2.68. The molecule has 0 radical (unpaired) electrons. The number of hydrogen-bond donors (Lipinski definition) is 3. The van der Waals surface area contributed by atoms with Crippen LogP contribution in [-0.2, 0) is 11.0 Å². The van der Waals surface area contributed by atoms with E-state index in [-0.39, 0.29) is 49.2 Å². The Morgan fingerprint density at radius 1 is 1.14 bits per heavy atom. The van der Waals surface area contributed by atoms with E-state index in [1.165, 1.54) is 24.3 Å². The maximum Gasteiger partial charge on any atom is 0.416 e. The van der Waals surface area contributed by atoms with Gasteiger partial charge in [0.25, 0.3) is 5.56 Å². The van der Waals surface area contributed by atoms with E-state index in [9.17, 15) is 27.9 Å². The van der Waals surface area contributed by atoms with Crippen LogP contribution in [0.4, 0.5) is 13.2 Å². The van der Waals surface area contributed by atoms with Crippen molar-refractivity contribution >= 4 is 40.0 Å². The summed E-state index contributed by atoms with van der Waals surface area (Å²) >= 11 is 7.05. The van der Waals surface area contributed by atoms with Crippen LogP contribution in [0.15, 0.2) is 46.1 Å². The molecular weight excluding hydrogens is 527 g/mol. The highest BCUT2D eigenvalue weighted by Crippen LogP contribution is 2.42. The molecule has 2 aromatic carbocycles. The minimum Gasteiger partial charge on any atom is -0.507 e. The first-order chi connectivity index (χ1) is 17.5. The fourth-order valence-electron chi connectivity index (χ4n) is 3.85. The molecule has 200 valence electrons. The number of fused-ring (bicyclic) bond motifs is 1. The molecule has 6 nitrogen and oxygen atoms in total. The first-order valence-electron chi connectivity index (χ1n) is 11.7. The van der Waals surface area contributed by atoms with Gasteiger partial charge in [-0.2, -0.15) is 13.2 Å². The van der Waals surface area contributed by atoms with E-state index in [1.54, 1.807) is 0 Å². The Morgan fingerprint density at radius 3 is 2.57 bits per heavy atom. The van der Waals surface area contributed by atoms with Crippen molar-refractivity contribution in [2.75, 3.05) is 39.5 Å². The Bertz CT molecular complexity index is 1310. The van der Waals surface area contributed by atoms with Crippen molar-refractivity contribution in [2.45, 2.75) is 30.3 Å². The van der Waals surface area contributed by atoms with Crippen LogP contribution in [0.1, 0.15) is 24.8 Å². The molecule has 1 heterocycles. The number of aromatic amines is 1. The van der Waals surface area contributed by atoms with Crippen molar-refractivity contribution in [1.82, 2.24) is 15.2 Å². The topological polar surface area (TPSA) is 85.4 Å². The van der Waals surface area contributed by atoms with Crippen LogP contribution in [-0.4, -0.2) is 60.3 Å². The average Bonchev–Trinajstić information content (AvgIpc) is 2.82. The monoisotopic (exact) mass is 555 g/mol. The third kappa shape index (κ3) is 7.98. The van der Waals surface area contributed by atoms with E-state index in [0.29, 0.717) is 19.4 Å². The van der Waals surface area contributed by atoms with Crippen LogP contribution in [0.2, 0.25) is 5.02 Å². The highest BCUT2D eigenvalue weighted by Gasteiger charge is 2.31. The number of pyridine rings is 1. The number of ketones is 1. The SMILES string of the molecule is CN(C)CCCNCCCC(=O)CSc1c(-c2cc(Cl)ccc2O)c2cc(C(F)(F)F)ccc2[nH]c1=O. The molecule has 0 spiro atoms. The standard InChI is InChI=1S/C26H29ClF3N3O3S/c1-33(2)12-4-11-31-10-3-5-18(34)15-37-24-23(20-14-17(27)7-9-22(20)35)19-13-16(26(28,29)30)6-8-21(19)32-25(24)36/h6-9,13-14,31,35H,3-5,10-12,15H2,1-2H3,(H,32,36). The quantitative estimate of drug-likeness (QED) is 0.200. The average molecular weight is 556 g/mol. The number of H-pyrrole nitrogens is 1. The summed E-state index contributed by atoms with van der Waals surface area (Å²) in [5.41, 5.74) is -1.09. The number of aromatic nitrogens is 1. The Labute approximate surface area is 222 Å². The molecule has 0 fully saturated rings. The van der Waals surface area contributed by atoms with Crippen molar-refractivity contribution in [3.63, 3.8) is 0 Å². The normalized spacial score (nSPS) is 12.0. The van der Waals surface area contributed by atoms with Gasteiger partial charge in [-0.1, -0.05) is 11.6 Å². The van der Waals surface area contributed by atoms with Crippen molar-refractivity contribution in [3.05, 3.63) is 57.3 Å². The molecule has 0 saturated carbocycles. The molecule has 0 aliphatic carbocycles. The molecule has 37 heavy (non-hydrogen) atoms. The molecule has 0 aliphatic rings. The molecule has 3 aromatic rings. The lowest BCUT2D eigenvalue weighted by Crippen LogP contribution is -2.22. The number of rotatable bonds is 12. The zero-order valence-corrected chi connectivity index (χ0v) is 22.1. The second-order valence-corrected chi connectivity index (χ2v) is 10.3. The second-order valence-electron chi connectivity index (χ2n) is 8.92. The molecule has 3 N–H and O–H groups in total. The van der Waals surface area contributed by atoms with Gasteiger partial charge in [0.05, 0.1) is 16.2 Å². The minimum absolute atomic E-state index is 0.0392. The van der Waals surface area contributed by atoms with Crippen LogP contribution in [0.3, 0.4) is 0 Å². The highest BCUT2D eigenvalue weighted by molar-refractivity contribution is 8.00. The van der Waals surface area contributed by atoms with Gasteiger partial charge < -0.3 is 20.3 Å². The third-order valence-electron chi connectivity index (χ3n) is 5.67. The molecule has 11 heteroatoms. The number of nitrogens with zero attached hydrogens (tertiary/aromatic N) is 1. The molecule has 0 bridgehead atoms. The number of carbonyl (C=O) groups is 1. The number of hydrogen-bond acceptors (Lipinski definition) is 6. The Hall–Kier alpha value is -2.53. The maximum absolute atomic E-state index is 13.5. The smallest absolute Gasteiger partial charge is 0.416 e. The summed E-state index contributed by atoms with van der Waals surface area (Å²) < 4.78 is 40.4. The predicted octanol–water partition coefficient (Wildman–Crippen LogP) is 5.56. The molecule has 3 rings (SSSR count). The van der Waals surface area contributed by atoms with Crippen molar-refractivity contribution in [1.29, 1.82) is 0 Å².